The van der Waals surface area contributed by atoms with Gasteiger partial charge in [0.1, 0.15) is 5.69 Å². The minimum absolute atomic E-state index is 0.0351. The van der Waals surface area contributed by atoms with E-state index in [2.05, 4.69) is 5.32 Å². The fraction of sp³-hybridized carbons (Fsp3) is 0.500. The average molecular weight is 289 g/mol. The molecular formula is C12H14Cl2N2O2. The fourth-order valence-electron chi connectivity index (χ4n) is 1.98. The smallest absolute Gasteiger partial charge is 0.293 e. The monoisotopic (exact) mass is 288 g/mol. The van der Waals surface area contributed by atoms with Crippen molar-refractivity contribution in [2.24, 2.45) is 5.92 Å². The zero-order valence-corrected chi connectivity index (χ0v) is 11.5. The van der Waals surface area contributed by atoms with Gasteiger partial charge in [-0.25, -0.2) is 0 Å². The molecule has 0 aliphatic heterocycles. The van der Waals surface area contributed by atoms with Crippen LogP contribution in [0.4, 0.5) is 11.4 Å². The summed E-state index contributed by atoms with van der Waals surface area (Å²) in [6.45, 7) is 2.02. The lowest BCUT2D eigenvalue weighted by atomic mass is 10.1. The van der Waals surface area contributed by atoms with Gasteiger partial charge in [0.15, 0.2) is 0 Å². The van der Waals surface area contributed by atoms with Crippen LogP contribution in [0.2, 0.25) is 10.0 Å². The maximum atomic E-state index is 11.0. The molecule has 1 N–H and O–H groups in total. The summed E-state index contributed by atoms with van der Waals surface area (Å²) in [5, 5.41) is 14.6. The third kappa shape index (κ3) is 3.27. The molecule has 0 radical (unpaired) electrons. The average Bonchev–Trinajstić information content (AvgIpc) is 3.06. The SMILES string of the molecule is CC(CC1CC1)Nc1cc(Cl)c(Cl)cc1[N+](=O)[O-]. The number of nitrogens with one attached hydrogen (secondary N) is 1. The molecule has 0 bridgehead atoms. The maximum absolute atomic E-state index is 11.0. The van der Waals surface area contributed by atoms with E-state index < -0.39 is 4.92 Å². The number of anilines is 1. The molecule has 1 fully saturated rings. The van der Waals surface area contributed by atoms with Crippen LogP contribution in [0.25, 0.3) is 0 Å². The zero-order chi connectivity index (χ0) is 13.3. The largest absolute Gasteiger partial charge is 0.377 e. The van der Waals surface area contributed by atoms with Crippen LogP contribution in [0.5, 0.6) is 0 Å². The molecule has 1 aromatic carbocycles. The van der Waals surface area contributed by atoms with Crippen LogP contribution in [0.1, 0.15) is 26.2 Å². The van der Waals surface area contributed by atoms with E-state index >= 15 is 0 Å². The molecule has 1 unspecified atom stereocenters. The Hall–Kier alpha value is -1.00. The summed E-state index contributed by atoms with van der Waals surface area (Å²) in [6.07, 6.45) is 3.54. The molecule has 18 heavy (non-hydrogen) atoms. The van der Waals surface area contributed by atoms with Gasteiger partial charge < -0.3 is 5.32 Å². The van der Waals surface area contributed by atoms with Crippen LogP contribution in [-0.4, -0.2) is 11.0 Å². The lowest BCUT2D eigenvalue weighted by molar-refractivity contribution is -0.384. The van der Waals surface area contributed by atoms with E-state index in [4.69, 9.17) is 23.2 Å². The predicted molar refractivity (Wildman–Crippen MR) is 73.5 cm³/mol. The second-order valence-electron chi connectivity index (χ2n) is 4.77. The van der Waals surface area contributed by atoms with E-state index in [0.29, 0.717) is 10.7 Å². The minimum atomic E-state index is -0.450. The summed E-state index contributed by atoms with van der Waals surface area (Å²) in [6, 6.07) is 3.00. The first kappa shape index (κ1) is 13.4. The molecule has 0 aromatic heterocycles. The highest BCUT2D eigenvalue weighted by atomic mass is 35.5. The molecule has 0 spiro atoms. The summed E-state index contributed by atoms with van der Waals surface area (Å²) in [5.74, 6) is 0.759. The summed E-state index contributed by atoms with van der Waals surface area (Å²) < 4.78 is 0. The summed E-state index contributed by atoms with van der Waals surface area (Å²) in [7, 11) is 0. The van der Waals surface area contributed by atoms with Crippen LogP contribution >= 0.6 is 23.2 Å². The highest BCUT2D eigenvalue weighted by Crippen LogP contribution is 2.37. The molecule has 1 aromatic rings. The molecule has 0 amide bonds. The first-order valence-electron chi connectivity index (χ1n) is 5.87. The van der Waals surface area contributed by atoms with Gasteiger partial charge in [0.05, 0.1) is 15.0 Å². The summed E-state index contributed by atoms with van der Waals surface area (Å²) in [4.78, 5) is 10.5. The molecule has 6 heteroatoms. The minimum Gasteiger partial charge on any atom is -0.377 e. The molecule has 0 saturated heterocycles. The van der Waals surface area contributed by atoms with Crippen LogP contribution in [0.15, 0.2) is 12.1 Å². The van der Waals surface area contributed by atoms with Gasteiger partial charge in [-0.3, -0.25) is 10.1 Å². The van der Waals surface area contributed by atoms with E-state index in [1.807, 2.05) is 6.92 Å². The molecule has 1 aliphatic rings. The Morgan fingerprint density at radius 2 is 2.06 bits per heavy atom. The third-order valence-electron chi connectivity index (χ3n) is 3.02. The van der Waals surface area contributed by atoms with E-state index in [9.17, 15) is 10.1 Å². The van der Waals surface area contributed by atoms with Crippen molar-refractivity contribution in [3.8, 4) is 0 Å². The van der Waals surface area contributed by atoms with Gasteiger partial charge in [0, 0.05) is 12.1 Å². The van der Waals surface area contributed by atoms with Crippen molar-refractivity contribution in [1.82, 2.24) is 0 Å². The highest BCUT2D eigenvalue weighted by molar-refractivity contribution is 6.42. The lowest BCUT2D eigenvalue weighted by Gasteiger charge is -2.15. The van der Waals surface area contributed by atoms with Gasteiger partial charge in [0.25, 0.3) is 5.69 Å². The van der Waals surface area contributed by atoms with Crippen LogP contribution in [-0.2, 0) is 0 Å². The Morgan fingerprint density at radius 3 is 2.61 bits per heavy atom. The van der Waals surface area contributed by atoms with Gasteiger partial charge in [-0.05, 0) is 25.3 Å². The van der Waals surface area contributed by atoms with Crippen molar-refractivity contribution in [1.29, 1.82) is 0 Å². The number of nitrogens with zero attached hydrogens (tertiary/aromatic N) is 1. The Kier molecular flexibility index (Phi) is 3.97. The van der Waals surface area contributed by atoms with Crippen molar-refractivity contribution in [2.45, 2.75) is 32.2 Å². The number of hydrogen-bond donors (Lipinski definition) is 1. The molecular weight excluding hydrogens is 275 g/mol. The molecule has 1 aliphatic carbocycles. The molecule has 1 atom stereocenters. The molecule has 4 nitrogen and oxygen atoms in total. The van der Waals surface area contributed by atoms with Crippen molar-refractivity contribution in [3.63, 3.8) is 0 Å². The number of benzene rings is 1. The fourth-order valence-corrected chi connectivity index (χ4v) is 2.30. The van der Waals surface area contributed by atoms with Crippen molar-refractivity contribution in [2.75, 3.05) is 5.32 Å². The quantitative estimate of drug-likeness (QED) is 0.641. The van der Waals surface area contributed by atoms with Crippen molar-refractivity contribution < 1.29 is 4.92 Å². The normalized spacial score (nSPS) is 16.4. The Labute approximate surface area is 115 Å². The van der Waals surface area contributed by atoms with Gasteiger partial charge in [-0.15, -0.1) is 0 Å². The molecule has 0 heterocycles. The summed E-state index contributed by atoms with van der Waals surface area (Å²) in [5.41, 5.74) is 0.398. The number of nitro benzene ring substituents is 1. The zero-order valence-electron chi connectivity index (χ0n) is 9.95. The van der Waals surface area contributed by atoms with Crippen LogP contribution in [0.3, 0.4) is 0 Å². The lowest BCUT2D eigenvalue weighted by Crippen LogP contribution is -2.16. The van der Waals surface area contributed by atoms with Gasteiger partial charge in [-0.2, -0.15) is 0 Å². The molecule has 2 rings (SSSR count). The van der Waals surface area contributed by atoms with Gasteiger partial charge in [0.2, 0.25) is 0 Å². The predicted octanol–water partition coefficient (Wildman–Crippen LogP) is 4.50. The maximum Gasteiger partial charge on any atom is 0.293 e. The number of hydrogen-bond acceptors (Lipinski definition) is 3. The van der Waals surface area contributed by atoms with Crippen LogP contribution in [0, 0.1) is 16.0 Å². The number of nitro groups is 1. The van der Waals surface area contributed by atoms with Gasteiger partial charge >= 0.3 is 0 Å². The number of halogens is 2. The first-order chi connectivity index (χ1) is 8.47. The second-order valence-corrected chi connectivity index (χ2v) is 5.58. The van der Waals surface area contributed by atoms with Gasteiger partial charge in [-0.1, -0.05) is 36.0 Å². The Balaban J connectivity index is 2.18. The molecule has 1 saturated carbocycles. The van der Waals surface area contributed by atoms with Crippen LogP contribution < -0.4 is 5.32 Å². The third-order valence-corrected chi connectivity index (χ3v) is 3.74. The number of rotatable bonds is 5. The highest BCUT2D eigenvalue weighted by Gasteiger charge is 2.25. The van der Waals surface area contributed by atoms with Crippen molar-refractivity contribution >= 4 is 34.6 Å². The van der Waals surface area contributed by atoms with Crippen molar-refractivity contribution in [3.05, 3.63) is 32.3 Å². The topological polar surface area (TPSA) is 55.2 Å². The standard InChI is InChI=1S/C12H14Cl2N2O2/c1-7(4-8-2-3-8)15-11-5-9(13)10(14)6-12(11)16(17)18/h5-8,15H,2-4H2,1H3. The summed E-state index contributed by atoms with van der Waals surface area (Å²) >= 11 is 11.7. The second kappa shape index (κ2) is 5.33. The van der Waals surface area contributed by atoms with E-state index in [0.717, 1.165) is 12.3 Å². The van der Waals surface area contributed by atoms with E-state index in [1.165, 1.54) is 25.0 Å². The van der Waals surface area contributed by atoms with E-state index in [-0.39, 0.29) is 16.8 Å². The van der Waals surface area contributed by atoms with E-state index in [1.54, 1.807) is 0 Å². The molecule has 98 valence electrons. The Bertz CT molecular complexity index is 475. The Morgan fingerprint density at radius 1 is 1.44 bits per heavy atom. The first-order valence-corrected chi connectivity index (χ1v) is 6.63.